The van der Waals surface area contributed by atoms with E-state index in [-0.39, 0.29) is 12.1 Å². The Balaban J connectivity index is 2.20. The largest absolute Gasteiger partial charge is 0.368 e. The molecule has 0 heterocycles. The summed E-state index contributed by atoms with van der Waals surface area (Å²) in [7, 11) is 2.09. The van der Waals surface area contributed by atoms with Crippen molar-refractivity contribution in [3.05, 3.63) is 64.7 Å². The maximum atomic E-state index is 6.06. The topological polar surface area (TPSA) is 29.3 Å². The molecular weight excluding hydrogens is 268 g/mol. The number of nitrogens with two attached hydrogens (primary N) is 1. The van der Waals surface area contributed by atoms with Gasteiger partial charge in [-0.3, -0.25) is 0 Å². The summed E-state index contributed by atoms with van der Waals surface area (Å²) in [6.07, 6.45) is 0. The van der Waals surface area contributed by atoms with Crippen molar-refractivity contribution >= 4 is 17.3 Å². The fourth-order valence-electron chi connectivity index (χ4n) is 2.23. The Bertz CT molecular complexity index is 563. The summed E-state index contributed by atoms with van der Waals surface area (Å²) in [5.74, 6) is 0. The first-order chi connectivity index (χ1) is 9.49. The van der Waals surface area contributed by atoms with E-state index in [1.807, 2.05) is 25.1 Å². The first kappa shape index (κ1) is 14.9. The molecule has 3 heteroatoms. The van der Waals surface area contributed by atoms with Gasteiger partial charge in [-0.05, 0) is 49.2 Å². The zero-order valence-corrected chi connectivity index (χ0v) is 12.9. The highest BCUT2D eigenvalue weighted by Crippen LogP contribution is 2.27. The van der Waals surface area contributed by atoms with Crippen LogP contribution in [0.25, 0.3) is 0 Å². The average molecular weight is 289 g/mol. The van der Waals surface area contributed by atoms with Gasteiger partial charge >= 0.3 is 0 Å². The zero-order chi connectivity index (χ0) is 14.7. The van der Waals surface area contributed by atoms with Crippen LogP contribution >= 0.6 is 11.6 Å². The van der Waals surface area contributed by atoms with E-state index in [4.69, 9.17) is 17.3 Å². The molecule has 2 aromatic rings. The highest BCUT2D eigenvalue weighted by Gasteiger charge is 2.12. The van der Waals surface area contributed by atoms with Crippen molar-refractivity contribution in [1.82, 2.24) is 0 Å². The number of halogens is 1. The molecule has 0 aliphatic rings. The van der Waals surface area contributed by atoms with Gasteiger partial charge in [0, 0.05) is 23.8 Å². The van der Waals surface area contributed by atoms with Crippen LogP contribution in [-0.4, -0.2) is 7.05 Å². The van der Waals surface area contributed by atoms with Gasteiger partial charge < -0.3 is 10.6 Å². The summed E-state index contributed by atoms with van der Waals surface area (Å²) in [4.78, 5) is 2.23. The molecule has 0 bridgehead atoms. The number of anilines is 1. The van der Waals surface area contributed by atoms with Crippen molar-refractivity contribution in [1.29, 1.82) is 0 Å². The van der Waals surface area contributed by atoms with Gasteiger partial charge in [0.15, 0.2) is 0 Å². The Hall–Kier alpha value is -1.51. The minimum Gasteiger partial charge on any atom is -0.368 e. The van der Waals surface area contributed by atoms with Crippen LogP contribution in [0.4, 0.5) is 5.69 Å². The predicted molar refractivity (Wildman–Crippen MR) is 87.3 cm³/mol. The van der Waals surface area contributed by atoms with Crippen molar-refractivity contribution in [3.8, 4) is 0 Å². The molecule has 2 aromatic carbocycles. The number of nitrogens with zero attached hydrogens (tertiary/aromatic N) is 1. The van der Waals surface area contributed by atoms with Crippen LogP contribution in [-0.2, 0) is 0 Å². The van der Waals surface area contributed by atoms with Crippen molar-refractivity contribution < 1.29 is 0 Å². The molecule has 0 amide bonds. The molecule has 0 aromatic heterocycles. The fraction of sp³-hybridized carbons (Fsp3) is 0.294. The summed E-state index contributed by atoms with van der Waals surface area (Å²) in [6.45, 7) is 4.17. The monoisotopic (exact) mass is 288 g/mol. The molecule has 2 N–H and O–H groups in total. The van der Waals surface area contributed by atoms with Crippen LogP contribution in [0.3, 0.4) is 0 Å². The summed E-state index contributed by atoms with van der Waals surface area (Å²) < 4.78 is 0. The summed E-state index contributed by atoms with van der Waals surface area (Å²) >= 11 is 6.06. The van der Waals surface area contributed by atoms with Crippen LogP contribution in [0, 0.1) is 0 Å². The van der Waals surface area contributed by atoms with Gasteiger partial charge in [-0.15, -0.1) is 0 Å². The number of benzene rings is 2. The van der Waals surface area contributed by atoms with Crippen LogP contribution in [0.15, 0.2) is 48.5 Å². The van der Waals surface area contributed by atoms with Gasteiger partial charge in [0.05, 0.1) is 6.04 Å². The van der Waals surface area contributed by atoms with Crippen molar-refractivity contribution in [2.75, 3.05) is 11.9 Å². The van der Waals surface area contributed by atoms with Gasteiger partial charge in [0.25, 0.3) is 0 Å². The fourth-order valence-corrected chi connectivity index (χ4v) is 2.43. The standard InChI is InChI=1S/C17H21ClN2/c1-12(19)14-7-9-17(10-8-14)20(3)13(2)15-5-4-6-16(18)11-15/h4-13H,19H2,1-3H3/t12-,13?/m1/s1. The van der Waals surface area contributed by atoms with E-state index in [1.165, 1.54) is 11.3 Å². The molecule has 0 spiro atoms. The van der Waals surface area contributed by atoms with E-state index in [0.29, 0.717) is 0 Å². The van der Waals surface area contributed by atoms with Crippen LogP contribution in [0.2, 0.25) is 5.02 Å². The SMILES string of the molecule is CC(c1cccc(Cl)c1)N(C)c1ccc([C@@H](C)N)cc1. The Morgan fingerprint density at radius 2 is 1.65 bits per heavy atom. The second-order valence-electron chi connectivity index (χ2n) is 5.22. The van der Waals surface area contributed by atoms with E-state index in [9.17, 15) is 0 Å². The van der Waals surface area contributed by atoms with E-state index in [2.05, 4.69) is 49.2 Å². The molecule has 1 unspecified atom stereocenters. The van der Waals surface area contributed by atoms with Gasteiger partial charge in [-0.25, -0.2) is 0 Å². The second kappa shape index (κ2) is 6.29. The molecule has 0 radical (unpaired) electrons. The minimum absolute atomic E-state index is 0.0692. The van der Waals surface area contributed by atoms with Gasteiger partial charge in [-0.1, -0.05) is 35.9 Å². The lowest BCUT2D eigenvalue weighted by Gasteiger charge is -2.28. The summed E-state index contributed by atoms with van der Waals surface area (Å²) in [5, 5.41) is 0.773. The summed E-state index contributed by atoms with van der Waals surface area (Å²) in [6, 6.07) is 16.7. The third kappa shape index (κ3) is 3.33. The molecule has 106 valence electrons. The molecule has 2 nitrogen and oxygen atoms in total. The first-order valence-electron chi connectivity index (χ1n) is 6.83. The molecule has 0 saturated carbocycles. The normalized spacial score (nSPS) is 13.8. The molecular formula is C17H21ClN2. The lowest BCUT2D eigenvalue weighted by Crippen LogP contribution is -2.21. The van der Waals surface area contributed by atoms with Crippen molar-refractivity contribution in [3.63, 3.8) is 0 Å². The Morgan fingerprint density at radius 1 is 1.00 bits per heavy atom. The molecule has 0 aliphatic heterocycles. The molecule has 0 saturated heterocycles. The highest BCUT2D eigenvalue weighted by atomic mass is 35.5. The summed E-state index contributed by atoms with van der Waals surface area (Å²) in [5.41, 5.74) is 9.40. The average Bonchev–Trinajstić information content (AvgIpc) is 2.46. The minimum atomic E-state index is 0.0692. The maximum absolute atomic E-state index is 6.06. The van der Waals surface area contributed by atoms with Crippen LogP contribution in [0.5, 0.6) is 0 Å². The molecule has 0 aliphatic carbocycles. The predicted octanol–water partition coefficient (Wildman–Crippen LogP) is 4.56. The number of rotatable bonds is 4. The van der Waals surface area contributed by atoms with Crippen molar-refractivity contribution in [2.45, 2.75) is 25.9 Å². The third-order valence-electron chi connectivity index (χ3n) is 3.74. The molecule has 2 rings (SSSR count). The molecule has 20 heavy (non-hydrogen) atoms. The Morgan fingerprint density at radius 3 is 2.20 bits per heavy atom. The van der Waals surface area contributed by atoms with E-state index < -0.39 is 0 Å². The molecule has 0 fully saturated rings. The van der Waals surface area contributed by atoms with E-state index in [1.54, 1.807) is 0 Å². The number of hydrogen-bond acceptors (Lipinski definition) is 2. The first-order valence-corrected chi connectivity index (χ1v) is 7.20. The zero-order valence-electron chi connectivity index (χ0n) is 12.2. The van der Waals surface area contributed by atoms with Crippen molar-refractivity contribution in [2.24, 2.45) is 5.73 Å². The number of hydrogen-bond donors (Lipinski definition) is 1. The van der Waals surface area contributed by atoms with Gasteiger partial charge in [0.1, 0.15) is 0 Å². The van der Waals surface area contributed by atoms with Crippen LogP contribution in [0.1, 0.15) is 37.1 Å². The smallest absolute Gasteiger partial charge is 0.0511 e. The molecule has 2 atom stereocenters. The Kier molecular flexibility index (Phi) is 4.69. The second-order valence-corrected chi connectivity index (χ2v) is 5.66. The highest BCUT2D eigenvalue weighted by molar-refractivity contribution is 6.30. The van der Waals surface area contributed by atoms with Gasteiger partial charge in [-0.2, -0.15) is 0 Å². The lowest BCUT2D eigenvalue weighted by molar-refractivity contribution is 0.738. The van der Waals surface area contributed by atoms with E-state index in [0.717, 1.165) is 10.6 Å². The van der Waals surface area contributed by atoms with Gasteiger partial charge in [0.2, 0.25) is 0 Å². The van der Waals surface area contributed by atoms with E-state index >= 15 is 0 Å². The lowest BCUT2D eigenvalue weighted by atomic mass is 10.1. The Labute approximate surface area is 126 Å². The third-order valence-corrected chi connectivity index (χ3v) is 3.97. The quantitative estimate of drug-likeness (QED) is 0.894. The maximum Gasteiger partial charge on any atom is 0.0511 e. The van der Waals surface area contributed by atoms with Crippen LogP contribution < -0.4 is 10.6 Å².